The molecule has 16 aromatic carbocycles. The first-order valence-corrected chi connectivity index (χ1v) is 42.9. The lowest BCUT2D eigenvalue weighted by Crippen LogP contribution is -2.06. The topological polar surface area (TPSA) is 212 Å². The molecule has 0 aliphatic carbocycles. The average molecular weight is 1690 g/mol. The molecule has 7 heterocycles. The number of nitrogens with zero attached hydrogens (tertiary/aromatic N) is 19. The first kappa shape index (κ1) is 77.9. The molecule has 0 saturated heterocycles. The first-order chi connectivity index (χ1) is 65.3. The zero-order chi connectivity index (χ0) is 88.0. The summed E-state index contributed by atoms with van der Waals surface area (Å²) in [7, 11) is 0. The molecule has 0 spiro atoms. The molecule has 23 rings (SSSR count). The lowest BCUT2D eigenvalue weighted by molar-refractivity contribution is 1.06. The third kappa shape index (κ3) is 14.6. The summed E-state index contributed by atoms with van der Waals surface area (Å²) in [4.78, 5) is 88.2. The van der Waals surface area contributed by atoms with E-state index in [9.17, 15) is 6.57 Å². The van der Waals surface area contributed by atoms with Crippen molar-refractivity contribution in [3.8, 4) is 193 Å². The smallest absolute Gasteiger partial charge is 0.200 e. The Labute approximate surface area is 756 Å². The summed E-state index contributed by atoms with van der Waals surface area (Å²) >= 11 is 0. The number of hydrogen-bond donors (Lipinski definition) is 0. The molecule has 23 aromatic rings. The van der Waals surface area contributed by atoms with Crippen molar-refractivity contribution in [2.45, 2.75) is 0 Å². The summed E-state index contributed by atoms with van der Waals surface area (Å²) in [6.45, 7) is 18.2. The maximum atomic E-state index is 9.35. The Hall–Kier alpha value is -18.9. The van der Waals surface area contributed by atoms with Crippen molar-refractivity contribution >= 4 is 55.0 Å². The van der Waals surface area contributed by atoms with Gasteiger partial charge in [0.15, 0.2) is 98.7 Å². The maximum absolute atomic E-state index is 9.35. The van der Waals surface area contributed by atoms with Gasteiger partial charge < -0.3 is 9.13 Å². The molecule has 7 aromatic heterocycles. The summed E-state index contributed by atoms with van der Waals surface area (Å²) < 4.78 is 4.42. The third-order valence-electron chi connectivity index (χ3n) is 23.5. The summed E-state index contributed by atoms with van der Waals surface area (Å²) in [5, 5.41) is 3.30. The highest BCUT2D eigenvalue weighted by Crippen LogP contribution is 2.48. The summed E-state index contributed by atoms with van der Waals surface area (Å²) in [6, 6.07) is 134. The van der Waals surface area contributed by atoms with Crippen LogP contribution in [0.1, 0.15) is 0 Å². The van der Waals surface area contributed by atoms with Crippen LogP contribution in [0.4, 0.5) is 11.4 Å². The van der Waals surface area contributed by atoms with Crippen molar-refractivity contribution < 1.29 is 0 Å². The van der Waals surface area contributed by atoms with Gasteiger partial charge in [-0.3, -0.25) is 0 Å². The van der Waals surface area contributed by atoms with Crippen molar-refractivity contribution in [2.24, 2.45) is 0 Å². The van der Waals surface area contributed by atoms with E-state index in [2.05, 4.69) is 85.6 Å². The Morgan fingerprint density at radius 1 is 0.159 bits per heavy atom. The maximum Gasteiger partial charge on any atom is 0.200 e. The van der Waals surface area contributed by atoms with E-state index in [0.29, 0.717) is 121 Å². The highest BCUT2D eigenvalue weighted by molar-refractivity contribution is 6.14. The van der Waals surface area contributed by atoms with Crippen LogP contribution < -0.4 is 0 Å². The van der Waals surface area contributed by atoms with Crippen molar-refractivity contribution in [3.05, 3.63) is 429 Å². The highest BCUT2D eigenvalue weighted by Gasteiger charge is 2.30. The zero-order valence-electron chi connectivity index (χ0n) is 70.2. The molecule has 0 N–H and O–H groups in total. The van der Waals surface area contributed by atoms with Gasteiger partial charge in [0.05, 0.1) is 40.9 Å². The van der Waals surface area contributed by atoms with Crippen molar-refractivity contribution in [1.29, 1.82) is 0 Å². The molecule has 0 amide bonds. The number of fused-ring (bicyclic) bond motifs is 6. The molecule has 0 fully saturated rings. The van der Waals surface area contributed by atoms with Crippen LogP contribution in [0.25, 0.3) is 247 Å². The van der Waals surface area contributed by atoms with Crippen molar-refractivity contribution in [2.75, 3.05) is 0 Å². The van der Waals surface area contributed by atoms with Crippen LogP contribution in [0, 0.1) is 13.1 Å². The second-order valence-corrected chi connectivity index (χ2v) is 31.5. The van der Waals surface area contributed by atoms with Crippen LogP contribution >= 0.6 is 0 Å². The van der Waals surface area contributed by atoms with Crippen molar-refractivity contribution in [1.82, 2.24) is 83.9 Å². The van der Waals surface area contributed by atoms with E-state index in [1.54, 1.807) is 0 Å². The van der Waals surface area contributed by atoms with Crippen LogP contribution in [-0.4, -0.2) is 83.9 Å². The third-order valence-corrected chi connectivity index (χ3v) is 23.5. The van der Waals surface area contributed by atoms with E-state index in [-0.39, 0.29) is 17.3 Å². The average Bonchev–Trinajstić information content (AvgIpc) is 1.56. The van der Waals surface area contributed by atoms with Gasteiger partial charge in [-0.1, -0.05) is 322 Å². The predicted molar refractivity (Wildman–Crippen MR) is 522 cm³/mol. The summed E-state index contributed by atoms with van der Waals surface area (Å²) in [6.07, 6.45) is 0. The first-order valence-electron chi connectivity index (χ1n) is 42.9. The Bertz CT molecular complexity index is 7910. The van der Waals surface area contributed by atoms with Crippen LogP contribution in [0.3, 0.4) is 0 Å². The molecular formula is C113H67N19. The number of hydrogen-bond acceptors (Lipinski definition) is 15. The summed E-state index contributed by atoms with van der Waals surface area (Å²) in [5.74, 6) is 6.71. The van der Waals surface area contributed by atoms with Crippen LogP contribution in [-0.2, 0) is 0 Å². The van der Waals surface area contributed by atoms with Crippen LogP contribution in [0.15, 0.2) is 406 Å². The second-order valence-electron chi connectivity index (χ2n) is 31.5. The largest absolute Gasteiger partial charge is 0.310 e. The van der Waals surface area contributed by atoms with E-state index in [4.69, 9.17) is 81.3 Å². The van der Waals surface area contributed by atoms with Gasteiger partial charge in [0, 0.05) is 111 Å². The minimum absolute atomic E-state index is 0.197. The summed E-state index contributed by atoms with van der Waals surface area (Å²) in [5.41, 5.74) is 17.5. The predicted octanol–water partition coefficient (Wildman–Crippen LogP) is 26.6. The Morgan fingerprint density at radius 3 is 0.621 bits per heavy atom. The number of rotatable bonds is 18. The number of aromatic nitrogens is 17. The number of benzene rings is 16. The lowest BCUT2D eigenvalue weighted by atomic mass is 9.95. The van der Waals surface area contributed by atoms with E-state index < -0.39 is 0 Å². The van der Waals surface area contributed by atoms with Gasteiger partial charge in [0.1, 0.15) is 0 Å². The molecule has 0 unspecified atom stereocenters. The molecule has 0 bridgehead atoms. The fourth-order valence-corrected chi connectivity index (χ4v) is 17.2. The SMILES string of the molecule is [C-]#[N+]c1ccccc1-c1cccc(-n2c3ccc(-c4nc(-c5ccccc5)nc(-c5ccccc5)n4)cc3c3cc(-c4nc(-c5ccccc5)nc(-c5ccccc5)n4)ccc32)c1-c1nc(-c2ccccc2)nc(-c2c([N+]#[C-])cccc2-n2c3ccc(-c4nc(-c5ccccc5)nc(-c5ccccc5)n4)cc3c3cc(-c4nc(-c5ccccc5)nc(-c5ccccc5)n4)ccc32)n1. The molecule has 0 aliphatic rings. The minimum atomic E-state index is 0.197. The molecule has 0 saturated carbocycles. The fraction of sp³-hybridized carbons (Fsp3) is 0. The van der Waals surface area contributed by atoms with E-state index in [1.165, 1.54) is 0 Å². The van der Waals surface area contributed by atoms with E-state index >= 15 is 0 Å². The van der Waals surface area contributed by atoms with E-state index in [1.807, 2.05) is 340 Å². The standard InChI is InChI=1S/C113H67N19/c1-114-89-54-31-30-52-83(89)84-53-32-56-95(131-91-62-58-79(108-120-99(70-34-12-3-13-35-70)116-100(121-108)71-36-14-4-15-37-71)66-85(91)86-67-80(59-63-92(86)131)109-122-101(72-38-16-5-17-39-72)117-102(123-109)73-40-18-6-19-41-73)97(84)112-128-107(78-50-28-11-29-51-78)129-113(130-112)98-90(115-2)55-33-57-96(98)132-93-64-60-81(110-124-103(74-42-20-7-21-43-74)118-104(125-110)75-44-22-8-23-45-75)68-87(93)88-69-82(61-65-94(88)132)111-126-105(76-46-24-9-25-47-76)119-106(127-111)77-48-26-10-27-49-77/h3-69H. The quantitative estimate of drug-likeness (QED) is 0.0731. The Kier molecular flexibility index (Phi) is 19.8. The molecule has 19 nitrogen and oxygen atoms in total. The number of para-hydroxylation sites is 1. The van der Waals surface area contributed by atoms with E-state index in [0.717, 1.165) is 110 Å². The van der Waals surface area contributed by atoms with Crippen LogP contribution in [0.5, 0.6) is 0 Å². The van der Waals surface area contributed by atoms with Gasteiger partial charge >= 0.3 is 0 Å². The van der Waals surface area contributed by atoms with Gasteiger partial charge in [-0.2, -0.15) is 0 Å². The fourth-order valence-electron chi connectivity index (χ4n) is 17.2. The molecular weight excluding hydrogens is 1620 g/mol. The highest BCUT2D eigenvalue weighted by atomic mass is 15.1. The molecule has 614 valence electrons. The van der Waals surface area contributed by atoms with Crippen LogP contribution in [0.2, 0.25) is 0 Å². The Balaban J connectivity index is 0.772. The molecule has 132 heavy (non-hydrogen) atoms. The molecule has 0 aliphatic heterocycles. The normalized spacial score (nSPS) is 11.3. The monoisotopic (exact) mass is 1690 g/mol. The van der Waals surface area contributed by atoms with Gasteiger partial charge in [-0.05, 0) is 96.1 Å². The molecule has 19 heteroatoms. The minimum Gasteiger partial charge on any atom is -0.310 e. The zero-order valence-corrected chi connectivity index (χ0v) is 70.2. The molecule has 0 atom stereocenters. The Morgan fingerprint density at radius 2 is 0.356 bits per heavy atom. The van der Waals surface area contributed by atoms with Gasteiger partial charge in [0.25, 0.3) is 0 Å². The van der Waals surface area contributed by atoms with Crippen molar-refractivity contribution in [3.63, 3.8) is 0 Å². The lowest BCUT2D eigenvalue weighted by Gasteiger charge is -2.20. The van der Waals surface area contributed by atoms with Gasteiger partial charge in [-0.15, -0.1) is 0 Å². The van der Waals surface area contributed by atoms with Gasteiger partial charge in [0.2, 0.25) is 0 Å². The second kappa shape index (κ2) is 33.6. The molecule has 0 radical (unpaired) electrons. The van der Waals surface area contributed by atoms with Gasteiger partial charge in [-0.25, -0.2) is 84.4 Å².